The number of rotatable bonds is 6. The van der Waals surface area contributed by atoms with E-state index in [9.17, 15) is 23.1 Å². The number of nitrogens with zero attached hydrogens (tertiary/aromatic N) is 5. The highest BCUT2D eigenvalue weighted by Gasteiger charge is 2.26. The standard InChI is InChI=1S/C18H23N5O6S/c1-3-22-16(24)15(17(25)23(4-2)18(22)26)20-19-13-5-7-14(8-6-13)30(27,28)21-9-11-29-12-10-21/h5-8,24H,3-4,9-12H2,1-2H3. The average Bonchev–Trinajstić information content (AvgIpc) is 2.75. The van der Waals surface area contributed by atoms with Gasteiger partial charge in [-0.1, -0.05) is 0 Å². The van der Waals surface area contributed by atoms with Crippen molar-refractivity contribution in [1.82, 2.24) is 13.4 Å². The Balaban J connectivity index is 1.91. The summed E-state index contributed by atoms with van der Waals surface area (Å²) in [6.45, 7) is 4.85. The van der Waals surface area contributed by atoms with Gasteiger partial charge < -0.3 is 9.84 Å². The quantitative estimate of drug-likeness (QED) is 0.675. The van der Waals surface area contributed by atoms with Crippen molar-refractivity contribution in [3.05, 3.63) is 45.1 Å². The number of azo groups is 1. The molecule has 30 heavy (non-hydrogen) atoms. The normalized spacial score (nSPS) is 15.7. The Bertz CT molecular complexity index is 1160. The summed E-state index contributed by atoms with van der Waals surface area (Å²) in [5.74, 6) is -0.563. The highest BCUT2D eigenvalue weighted by atomic mass is 32.2. The van der Waals surface area contributed by atoms with E-state index in [1.807, 2.05) is 0 Å². The topological polar surface area (TPSA) is 136 Å². The summed E-state index contributed by atoms with van der Waals surface area (Å²) in [5.41, 5.74) is -1.45. The molecule has 1 N–H and O–H groups in total. The molecule has 0 saturated carbocycles. The Kier molecular flexibility index (Phi) is 6.48. The van der Waals surface area contributed by atoms with Gasteiger partial charge in [0.1, 0.15) is 0 Å². The van der Waals surface area contributed by atoms with Crippen LogP contribution in [0.4, 0.5) is 11.4 Å². The third kappa shape index (κ3) is 4.06. The van der Waals surface area contributed by atoms with Gasteiger partial charge in [-0.15, -0.1) is 5.11 Å². The minimum Gasteiger partial charge on any atom is -0.493 e. The molecule has 11 nitrogen and oxygen atoms in total. The zero-order valence-corrected chi connectivity index (χ0v) is 17.5. The maximum absolute atomic E-state index is 12.6. The second-order valence-corrected chi connectivity index (χ2v) is 8.40. The molecular formula is C18H23N5O6S. The number of benzene rings is 1. The van der Waals surface area contributed by atoms with E-state index in [2.05, 4.69) is 10.2 Å². The molecule has 0 spiro atoms. The van der Waals surface area contributed by atoms with Gasteiger partial charge in [0.2, 0.25) is 21.6 Å². The Morgan fingerprint density at radius 1 is 1.00 bits per heavy atom. The molecule has 1 saturated heterocycles. The minimum absolute atomic E-state index is 0.110. The molecule has 0 unspecified atom stereocenters. The predicted molar refractivity (Wildman–Crippen MR) is 108 cm³/mol. The number of morpholine rings is 1. The predicted octanol–water partition coefficient (Wildman–Crippen LogP) is 1.19. The summed E-state index contributed by atoms with van der Waals surface area (Å²) < 4.78 is 33.8. The van der Waals surface area contributed by atoms with Crippen LogP contribution in [-0.4, -0.2) is 53.3 Å². The van der Waals surface area contributed by atoms with Crippen molar-refractivity contribution < 1.29 is 18.3 Å². The van der Waals surface area contributed by atoms with E-state index >= 15 is 0 Å². The first kappa shape index (κ1) is 21.9. The van der Waals surface area contributed by atoms with Crippen LogP contribution >= 0.6 is 0 Å². The van der Waals surface area contributed by atoms with Crippen LogP contribution < -0.4 is 11.2 Å². The van der Waals surface area contributed by atoms with E-state index in [0.29, 0.717) is 26.3 Å². The Labute approximate surface area is 172 Å². The van der Waals surface area contributed by atoms with E-state index < -0.39 is 27.2 Å². The van der Waals surface area contributed by atoms with Crippen LogP contribution in [0.1, 0.15) is 13.8 Å². The van der Waals surface area contributed by atoms with Crippen LogP contribution in [-0.2, 0) is 27.8 Å². The van der Waals surface area contributed by atoms with E-state index in [1.54, 1.807) is 13.8 Å². The second kappa shape index (κ2) is 8.90. The fraction of sp³-hybridized carbons (Fsp3) is 0.444. The molecule has 0 aliphatic carbocycles. The van der Waals surface area contributed by atoms with Gasteiger partial charge in [-0.2, -0.15) is 9.42 Å². The first-order valence-corrected chi connectivity index (χ1v) is 10.9. The molecule has 0 radical (unpaired) electrons. The number of aromatic hydroxyl groups is 1. The van der Waals surface area contributed by atoms with Crippen LogP contribution in [0.5, 0.6) is 5.88 Å². The number of hydrogen-bond donors (Lipinski definition) is 1. The molecule has 0 atom stereocenters. The third-order valence-corrected chi connectivity index (χ3v) is 6.63. The van der Waals surface area contributed by atoms with Crippen molar-refractivity contribution in [3.8, 4) is 5.88 Å². The summed E-state index contributed by atoms with van der Waals surface area (Å²) in [6, 6.07) is 5.69. The van der Waals surface area contributed by atoms with Crippen molar-refractivity contribution in [1.29, 1.82) is 0 Å². The summed E-state index contributed by atoms with van der Waals surface area (Å²) in [6.07, 6.45) is 0. The summed E-state index contributed by atoms with van der Waals surface area (Å²) >= 11 is 0. The lowest BCUT2D eigenvalue weighted by Crippen LogP contribution is -2.40. The summed E-state index contributed by atoms with van der Waals surface area (Å²) in [4.78, 5) is 24.7. The van der Waals surface area contributed by atoms with Crippen LogP contribution in [0, 0.1) is 0 Å². The summed E-state index contributed by atoms with van der Waals surface area (Å²) in [5, 5.41) is 18.0. The molecule has 162 valence electrons. The summed E-state index contributed by atoms with van der Waals surface area (Å²) in [7, 11) is -3.63. The van der Waals surface area contributed by atoms with Gasteiger partial charge in [0, 0.05) is 26.2 Å². The fourth-order valence-corrected chi connectivity index (χ4v) is 4.46. The van der Waals surface area contributed by atoms with Crippen molar-refractivity contribution in [3.63, 3.8) is 0 Å². The third-order valence-electron chi connectivity index (χ3n) is 4.72. The van der Waals surface area contributed by atoms with Crippen LogP contribution in [0.3, 0.4) is 0 Å². The molecule has 1 fully saturated rings. The number of aromatic nitrogens is 2. The largest absolute Gasteiger partial charge is 0.493 e. The monoisotopic (exact) mass is 437 g/mol. The maximum atomic E-state index is 12.6. The van der Waals surface area contributed by atoms with Crippen LogP contribution in [0.15, 0.2) is 49.0 Å². The molecule has 0 bridgehead atoms. The van der Waals surface area contributed by atoms with Gasteiger partial charge in [-0.05, 0) is 38.1 Å². The Morgan fingerprint density at radius 3 is 2.17 bits per heavy atom. The molecule has 3 rings (SSSR count). The van der Waals surface area contributed by atoms with Crippen LogP contribution in [0.25, 0.3) is 0 Å². The Hall–Kier alpha value is -2.83. The van der Waals surface area contributed by atoms with Gasteiger partial charge in [0.15, 0.2) is 0 Å². The molecule has 2 heterocycles. The molecule has 1 aromatic carbocycles. The second-order valence-electron chi connectivity index (χ2n) is 6.46. The SMILES string of the molecule is CCn1c(O)c(N=Nc2ccc(S(=O)(=O)N3CCOCC3)cc2)c(=O)n(CC)c1=O. The van der Waals surface area contributed by atoms with E-state index in [1.165, 1.54) is 28.6 Å². The zero-order valence-electron chi connectivity index (χ0n) is 16.7. The molecule has 2 aromatic rings. The zero-order chi connectivity index (χ0) is 21.9. The number of ether oxygens (including phenoxy) is 1. The molecule has 12 heteroatoms. The lowest BCUT2D eigenvalue weighted by Gasteiger charge is -2.26. The lowest BCUT2D eigenvalue weighted by atomic mass is 10.3. The lowest BCUT2D eigenvalue weighted by molar-refractivity contribution is 0.0730. The molecule has 1 aliphatic rings. The molecule has 1 aromatic heterocycles. The molecular weight excluding hydrogens is 414 g/mol. The van der Waals surface area contributed by atoms with Gasteiger partial charge in [-0.3, -0.25) is 13.9 Å². The van der Waals surface area contributed by atoms with Crippen molar-refractivity contribution in [2.75, 3.05) is 26.3 Å². The first-order chi connectivity index (χ1) is 14.3. The number of sulfonamides is 1. The molecule has 1 aliphatic heterocycles. The van der Waals surface area contributed by atoms with E-state index in [4.69, 9.17) is 4.74 Å². The highest BCUT2D eigenvalue weighted by molar-refractivity contribution is 7.89. The van der Waals surface area contributed by atoms with Gasteiger partial charge in [-0.25, -0.2) is 13.2 Å². The fourth-order valence-electron chi connectivity index (χ4n) is 3.05. The van der Waals surface area contributed by atoms with Gasteiger partial charge in [0.25, 0.3) is 5.56 Å². The van der Waals surface area contributed by atoms with Gasteiger partial charge >= 0.3 is 5.69 Å². The van der Waals surface area contributed by atoms with Crippen LogP contribution in [0.2, 0.25) is 0 Å². The highest BCUT2D eigenvalue weighted by Crippen LogP contribution is 2.25. The minimum atomic E-state index is -3.63. The van der Waals surface area contributed by atoms with Crippen molar-refractivity contribution in [2.24, 2.45) is 10.2 Å². The smallest absolute Gasteiger partial charge is 0.333 e. The maximum Gasteiger partial charge on any atom is 0.333 e. The Morgan fingerprint density at radius 2 is 1.60 bits per heavy atom. The first-order valence-electron chi connectivity index (χ1n) is 9.47. The van der Waals surface area contributed by atoms with Crippen molar-refractivity contribution in [2.45, 2.75) is 31.8 Å². The van der Waals surface area contributed by atoms with E-state index in [-0.39, 0.29) is 29.4 Å². The number of hydrogen-bond acceptors (Lipinski definition) is 8. The van der Waals surface area contributed by atoms with Gasteiger partial charge in [0.05, 0.1) is 23.8 Å². The van der Waals surface area contributed by atoms with Crippen molar-refractivity contribution >= 4 is 21.4 Å². The van der Waals surface area contributed by atoms with E-state index in [0.717, 1.165) is 9.13 Å². The molecule has 0 amide bonds. The average molecular weight is 437 g/mol.